The summed E-state index contributed by atoms with van der Waals surface area (Å²) in [6.45, 7) is 6.72. The summed E-state index contributed by atoms with van der Waals surface area (Å²) in [5.74, 6) is 0. The Morgan fingerprint density at radius 1 is 1.00 bits per heavy atom. The lowest BCUT2D eigenvalue weighted by Gasteiger charge is -2.32. The van der Waals surface area contributed by atoms with Crippen LogP contribution in [0.4, 0.5) is 0 Å². The molecule has 0 aliphatic carbocycles. The first-order valence-electron chi connectivity index (χ1n) is 5.55. The first-order valence-corrected chi connectivity index (χ1v) is 6.94. The average Bonchev–Trinajstić information content (AvgIpc) is 2.26. The average molecular weight is 221 g/mol. The van der Waals surface area contributed by atoms with Gasteiger partial charge in [-0.3, -0.25) is 0 Å². The van der Waals surface area contributed by atoms with Gasteiger partial charge in [0.15, 0.2) is 0 Å². The second-order valence-electron chi connectivity index (χ2n) is 3.76. The van der Waals surface area contributed by atoms with Gasteiger partial charge in [-0.2, -0.15) is 0 Å². The van der Waals surface area contributed by atoms with Crippen molar-refractivity contribution in [2.45, 2.75) is 13.8 Å². The molecule has 0 amide bonds. The van der Waals surface area contributed by atoms with Crippen LogP contribution in [0.2, 0.25) is 0 Å². The van der Waals surface area contributed by atoms with Gasteiger partial charge in [0.1, 0.15) is 0 Å². The highest BCUT2D eigenvalue weighted by molar-refractivity contribution is 6.67. The molecule has 15 heavy (non-hydrogen) atoms. The third kappa shape index (κ3) is 3.16. The van der Waals surface area contributed by atoms with E-state index in [1.165, 1.54) is 5.19 Å². The number of hydrogen-bond donors (Lipinski definition) is 0. The maximum atomic E-state index is 2.56. The van der Waals surface area contributed by atoms with Crippen molar-refractivity contribution in [2.75, 3.05) is 27.2 Å². The Morgan fingerprint density at radius 3 is 1.93 bits per heavy atom. The van der Waals surface area contributed by atoms with E-state index in [0.717, 1.165) is 13.1 Å². The number of rotatable bonds is 5. The molecule has 1 rings (SSSR count). The van der Waals surface area contributed by atoms with Crippen molar-refractivity contribution < 1.29 is 0 Å². The highest BCUT2D eigenvalue weighted by Gasteiger charge is 2.23. The van der Waals surface area contributed by atoms with Crippen molar-refractivity contribution in [3.05, 3.63) is 30.3 Å². The van der Waals surface area contributed by atoms with Crippen molar-refractivity contribution in [1.29, 1.82) is 0 Å². The third-order valence-corrected chi connectivity index (χ3v) is 5.45. The second-order valence-corrected chi connectivity index (χ2v) is 6.51. The van der Waals surface area contributed by atoms with Gasteiger partial charge in [0, 0.05) is 0 Å². The molecule has 0 N–H and O–H groups in total. The summed E-state index contributed by atoms with van der Waals surface area (Å²) >= 11 is 0. The van der Waals surface area contributed by atoms with Gasteiger partial charge in [0.05, 0.1) is 0 Å². The van der Waals surface area contributed by atoms with E-state index in [2.05, 4.69) is 67.4 Å². The van der Waals surface area contributed by atoms with Crippen LogP contribution in [0.15, 0.2) is 30.3 Å². The number of hydrogen-bond acceptors (Lipinski definition) is 2. The fraction of sp³-hybridized carbons (Fsp3) is 0.500. The molecular formula is C12H21N2Si. The van der Waals surface area contributed by atoms with Crippen molar-refractivity contribution >= 4 is 14.3 Å². The molecule has 0 spiro atoms. The van der Waals surface area contributed by atoms with Gasteiger partial charge in [-0.1, -0.05) is 44.2 Å². The second kappa shape index (κ2) is 6.05. The summed E-state index contributed by atoms with van der Waals surface area (Å²) in [7, 11) is 3.65. The van der Waals surface area contributed by atoms with Gasteiger partial charge in [0.2, 0.25) is 0 Å². The molecule has 0 bridgehead atoms. The summed E-state index contributed by atoms with van der Waals surface area (Å²) in [5.41, 5.74) is 0. The minimum absolute atomic E-state index is 0.713. The SMILES string of the molecule is CCN(CC)[Si](c1ccccc1)N(C)C. The Morgan fingerprint density at radius 2 is 1.53 bits per heavy atom. The van der Waals surface area contributed by atoms with E-state index < -0.39 is 9.12 Å². The van der Waals surface area contributed by atoms with Gasteiger partial charge >= 0.3 is 0 Å². The van der Waals surface area contributed by atoms with Crippen LogP contribution >= 0.6 is 0 Å². The van der Waals surface area contributed by atoms with Crippen LogP contribution in [0.25, 0.3) is 0 Å². The lowest BCUT2D eigenvalue weighted by molar-refractivity contribution is 0.434. The molecule has 0 aliphatic heterocycles. The lowest BCUT2D eigenvalue weighted by atomic mass is 10.4. The first kappa shape index (κ1) is 12.4. The highest BCUT2D eigenvalue weighted by atomic mass is 28.3. The van der Waals surface area contributed by atoms with Crippen molar-refractivity contribution in [1.82, 2.24) is 9.13 Å². The predicted molar refractivity (Wildman–Crippen MR) is 68.4 cm³/mol. The molecule has 0 aromatic heterocycles. The molecule has 0 atom stereocenters. The van der Waals surface area contributed by atoms with Crippen LogP contribution in [0.1, 0.15) is 13.8 Å². The molecule has 1 radical (unpaired) electrons. The molecule has 83 valence electrons. The lowest BCUT2D eigenvalue weighted by Crippen LogP contribution is -2.57. The molecule has 0 fully saturated rings. The zero-order chi connectivity index (χ0) is 11.3. The van der Waals surface area contributed by atoms with E-state index in [0.29, 0.717) is 0 Å². The van der Waals surface area contributed by atoms with E-state index in [9.17, 15) is 0 Å². The normalized spacial score (nSPS) is 11.7. The molecule has 1 aromatic carbocycles. The molecule has 2 nitrogen and oxygen atoms in total. The highest BCUT2D eigenvalue weighted by Crippen LogP contribution is 1.99. The fourth-order valence-corrected chi connectivity index (χ4v) is 4.37. The van der Waals surface area contributed by atoms with Gasteiger partial charge in [-0.15, -0.1) is 0 Å². The smallest absolute Gasteiger partial charge is 0.266 e. The van der Waals surface area contributed by atoms with Gasteiger partial charge < -0.3 is 9.13 Å². The van der Waals surface area contributed by atoms with Crippen LogP contribution in [0.5, 0.6) is 0 Å². The maximum absolute atomic E-state index is 2.56. The maximum Gasteiger partial charge on any atom is 0.266 e. The Kier molecular flexibility index (Phi) is 5.01. The van der Waals surface area contributed by atoms with Crippen LogP contribution in [-0.4, -0.2) is 45.4 Å². The quantitative estimate of drug-likeness (QED) is 0.691. The summed E-state index contributed by atoms with van der Waals surface area (Å²) < 4.78 is 4.92. The summed E-state index contributed by atoms with van der Waals surface area (Å²) in [6.07, 6.45) is 0. The fourth-order valence-electron chi connectivity index (χ4n) is 1.83. The van der Waals surface area contributed by atoms with Crippen LogP contribution in [-0.2, 0) is 0 Å². The Labute approximate surface area is 95.3 Å². The third-order valence-electron chi connectivity index (χ3n) is 2.52. The molecule has 0 aliphatic rings. The zero-order valence-corrected chi connectivity index (χ0v) is 11.2. The molecule has 1 aromatic rings. The minimum Gasteiger partial charge on any atom is -0.314 e. The molecule has 0 saturated heterocycles. The van der Waals surface area contributed by atoms with Crippen LogP contribution < -0.4 is 5.19 Å². The van der Waals surface area contributed by atoms with E-state index >= 15 is 0 Å². The van der Waals surface area contributed by atoms with Gasteiger partial charge in [-0.05, 0) is 32.4 Å². The Hall–Kier alpha value is -0.643. The predicted octanol–water partition coefficient (Wildman–Crippen LogP) is 1.29. The Bertz CT molecular complexity index is 270. The summed E-state index contributed by atoms with van der Waals surface area (Å²) in [5, 5.41) is 1.47. The molecule has 0 heterocycles. The summed E-state index contributed by atoms with van der Waals surface area (Å²) in [4.78, 5) is 0. The largest absolute Gasteiger partial charge is 0.314 e. The molecular weight excluding hydrogens is 200 g/mol. The number of benzene rings is 1. The van der Waals surface area contributed by atoms with Gasteiger partial charge in [0.25, 0.3) is 9.12 Å². The minimum atomic E-state index is -0.713. The van der Waals surface area contributed by atoms with Crippen molar-refractivity contribution in [3.8, 4) is 0 Å². The summed E-state index contributed by atoms with van der Waals surface area (Å²) in [6, 6.07) is 10.8. The number of nitrogens with zero attached hydrogens (tertiary/aromatic N) is 2. The van der Waals surface area contributed by atoms with E-state index in [1.807, 2.05) is 0 Å². The molecule has 3 heteroatoms. The van der Waals surface area contributed by atoms with Gasteiger partial charge in [-0.25, -0.2) is 0 Å². The van der Waals surface area contributed by atoms with Crippen molar-refractivity contribution in [2.24, 2.45) is 0 Å². The monoisotopic (exact) mass is 221 g/mol. The Balaban J connectivity index is 2.92. The van der Waals surface area contributed by atoms with E-state index in [1.54, 1.807) is 0 Å². The first-order chi connectivity index (χ1) is 7.20. The molecule has 0 unspecified atom stereocenters. The van der Waals surface area contributed by atoms with Crippen LogP contribution in [0.3, 0.4) is 0 Å². The van der Waals surface area contributed by atoms with Crippen LogP contribution in [0, 0.1) is 0 Å². The van der Waals surface area contributed by atoms with Crippen molar-refractivity contribution in [3.63, 3.8) is 0 Å². The standard InChI is InChI=1S/C12H21N2Si/c1-5-14(6-2)15(13(3)4)12-10-8-7-9-11-12/h7-11H,5-6H2,1-4H3. The topological polar surface area (TPSA) is 6.48 Å². The zero-order valence-electron chi connectivity index (χ0n) is 10.2. The van der Waals surface area contributed by atoms with E-state index in [-0.39, 0.29) is 0 Å². The molecule has 0 saturated carbocycles. The van der Waals surface area contributed by atoms with E-state index in [4.69, 9.17) is 0 Å².